The van der Waals surface area contributed by atoms with E-state index < -0.39 is 0 Å². The molecule has 0 aliphatic heterocycles. The summed E-state index contributed by atoms with van der Waals surface area (Å²) in [7, 11) is 0. The average Bonchev–Trinajstić information content (AvgIpc) is 2.98. The zero-order valence-corrected chi connectivity index (χ0v) is 13.3. The van der Waals surface area contributed by atoms with E-state index in [0.29, 0.717) is 0 Å². The molecule has 0 unspecified atom stereocenters. The number of nitrogens with zero attached hydrogens (tertiary/aromatic N) is 1. The van der Waals surface area contributed by atoms with Crippen LogP contribution in [-0.2, 0) is 5.41 Å². The third-order valence-electron chi connectivity index (χ3n) is 3.24. The third-order valence-corrected chi connectivity index (χ3v) is 4.47. The van der Waals surface area contributed by atoms with Gasteiger partial charge in [-0.1, -0.05) is 26.8 Å². The first-order valence-electron chi connectivity index (χ1n) is 7.09. The Labute approximate surface area is 125 Å². The Morgan fingerprint density at radius 2 is 2.10 bits per heavy atom. The quantitative estimate of drug-likeness (QED) is 0.795. The molecule has 2 aromatic rings. The van der Waals surface area contributed by atoms with E-state index in [0.717, 1.165) is 31.0 Å². The Kier molecular flexibility index (Phi) is 5.01. The van der Waals surface area contributed by atoms with Gasteiger partial charge in [-0.15, -0.1) is 11.3 Å². The maximum atomic E-state index is 4.32. The number of hydrogen-bond donors (Lipinski definition) is 2. The van der Waals surface area contributed by atoms with E-state index in [4.69, 9.17) is 0 Å². The fourth-order valence-corrected chi connectivity index (χ4v) is 2.82. The van der Waals surface area contributed by atoms with E-state index in [1.165, 1.54) is 4.88 Å². The second-order valence-electron chi connectivity index (χ2n) is 5.57. The van der Waals surface area contributed by atoms with Crippen LogP contribution in [0.4, 0.5) is 11.5 Å². The zero-order valence-electron chi connectivity index (χ0n) is 12.4. The Morgan fingerprint density at radius 3 is 2.80 bits per heavy atom. The lowest BCUT2D eigenvalue weighted by Crippen LogP contribution is -2.26. The third kappa shape index (κ3) is 3.97. The summed E-state index contributed by atoms with van der Waals surface area (Å²) >= 11 is 1.81. The summed E-state index contributed by atoms with van der Waals surface area (Å²) in [6, 6.07) is 8.40. The van der Waals surface area contributed by atoms with Crippen LogP contribution in [0.2, 0.25) is 0 Å². The average molecular weight is 289 g/mol. The number of anilines is 2. The molecule has 0 radical (unpaired) electrons. The fourth-order valence-electron chi connectivity index (χ4n) is 1.96. The SMILES string of the molecule is CCCNc1cc(NCC(C)(C)c2cccs2)ccn1. The summed E-state index contributed by atoms with van der Waals surface area (Å²) in [5.41, 5.74) is 1.25. The van der Waals surface area contributed by atoms with Crippen molar-refractivity contribution in [1.29, 1.82) is 0 Å². The number of thiophene rings is 1. The van der Waals surface area contributed by atoms with Crippen LogP contribution in [0.25, 0.3) is 0 Å². The van der Waals surface area contributed by atoms with Crippen molar-refractivity contribution in [1.82, 2.24) is 4.98 Å². The van der Waals surface area contributed by atoms with E-state index in [9.17, 15) is 0 Å². The van der Waals surface area contributed by atoms with Crippen LogP contribution in [0.1, 0.15) is 32.1 Å². The topological polar surface area (TPSA) is 37.0 Å². The predicted molar refractivity (Wildman–Crippen MR) is 88.9 cm³/mol. The molecule has 3 nitrogen and oxygen atoms in total. The van der Waals surface area contributed by atoms with Crippen LogP contribution in [0.3, 0.4) is 0 Å². The molecule has 2 heterocycles. The molecule has 108 valence electrons. The molecule has 0 aliphatic carbocycles. The van der Waals surface area contributed by atoms with Crippen molar-refractivity contribution >= 4 is 22.8 Å². The van der Waals surface area contributed by atoms with Gasteiger partial charge in [0.25, 0.3) is 0 Å². The monoisotopic (exact) mass is 289 g/mol. The van der Waals surface area contributed by atoms with Crippen molar-refractivity contribution in [3.8, 4) is 0 Å². The molecule has 2 rings (SSSR count). The van der Waals surface area contributed by atoms with Gasteiger partial charge >= 0.3 is 0 Å². The maximum absolute atomic E-state index is 4.32. The second kappa shape index (κ2) is 6.75. The summed E-state index contributed by atoms with van der Waals surface area (Å²) in [4.78, 5) is 5.73. The van der Waals surface area contributed by atoms with Gasteiger partial charge < -0.3 is 10.6 Å². The summed E-state index contributed by atoms with van der Waals surface area (Å²) in [6.45, 7) is 8.55. The summed E-state index contributed by atoms with van der Waals surface area (Å²) < 4.78 is 0. The van der Waals surface area contributed by atoms with E-state index >= 15 is 0 Å². The lowest BCUT2D eigenvalue weighted by atomic mass is 9.91. The van der Waals surface area contributed by atoms with Crippen molar-refractivity contribution in [3.63, 3.8) is 0 Å². The van der Waals surface area contributed by atoms with Gasteiger partial charge in [0.05, 0.1) is 0 Å². The van der Waals surface area contributed by atoms with Gasteiger partial charge in [0, 0.05) is 41.3 Å². The van der Waals surface area contributed by atoms with Crippen molar-refractivity contribution in [2.45, 2.75) is 32.6 Å². The van der Waals surface area contributed by atoms with Gasteiger partial charge in [0.1, 0.15) is 5.82 Å². The van der Waals surface area contributed by atoms with Crippen LogP contribution in [0, 0.1) is 0 Å². The van der Waals surface area contributed by atoms with Gasteiger partial charge in [-0.2, -0.15) is 0 Å². The number of hydrogen-bond acceptors (Lipinski definition) is 4. The lowest BCUT2D eigenvalue weighted by molar-refractivity contribution is 0.569. The zero-order chi connectivity index (χ0) is 14.4. The Morgan fingerprint density at radius 1 is 1.25 bits per heavy atom. The van der Waals surface area contributed by atoms with Gasteiger partial charge in [-0.3, -0.25) is 0 Å². The van der Waals surface area contributed by atoms with Crippen LogP contribution in [-0.4, -0.2) is 18.1 Å². The maximum Gasteiger partial charge on any atom is 0.127 e. The molecule has 0 saturated heterocycles. The van der Waals surface area contributed by atoms with E-state index in [-0.39, 0.29) is 5.41 Å². The number of aromatic nitrogens is 1. The molecule has 0 fully saturated rings. The molecule has 0 spiro atoms. The fraction of sp³-hybridized carbons (Fsp3) is 0.438. The van der Waals surface area contributed by atoms with Crippen molar-refractivity contribution in [3.05, 3.63) is 40.7 Å². The molecule has 0 saturated carbocycles. The van der Waals surface area contributed by atoms with Gasteiger partial charge in [-0.25, -0.2) is 4.98 Å². The van der Waals surface area contributed by atoms with Crippen LogP contribution in [0.5, 0.6) is 0 Å². The van der Waals surface area contributed by atoms with Gasteiger partial charge in [0.2, 0.25) is 0 Å². The van der Waals surface area contributed by atoms with E-state index in [1.807, 2.05) is 23.6 Å². The first-order chi connectivity index (χ1) is 9.62. The Balaban J connectivity index is 1.96. The summed E-state index contributed by atoms with van der Waals surface area (Å²) in [5.74, 6) is 0.936. The highest BCUT2D eigenvalue weighted by Gasteiger charge is 2.21. The number of rotatable bonds is 7. The molecular weight excluding hydrogens is 266 g/mol. The van der Waals surface area contributed by atoms with E-state index in [1.54, 1.807) is 0 Å². The van der Waals surface area contributed by atoms with Gasteiger partial charge in [0.15, 0.2) is 0 Å². The lowest BCUT2D eigenvalue weighted by Gasteiger charge is -2.24. The molecule has 2 aromatic heterocycles. The summed E-state index contributed by atoms with van der Waals surface area (Å²) in [5, 5.41) is 8.96. The molecule has 0 aliphatic rings. The molecular formula is C16H23N3S. The number of nitrogens with one attached hydrogen (secondary N) is 2. The minimum Gasteiger partial charge on any atom is -0.384 e. The molecule has 0 atom stereocenters. The first-order valence-corrected chi connectivity index (χ1v) is 7.97. The molecule has 2 N–H and O–H groups in total. The normalized spacial score (nSPS) is 11.3. The molecule has 0 bridgehead atoms. The highest BCUT2D eigenvalue weighted by atomic mass is 32.1. The minimum atomic E-state index is 0.133. The number of pyridine rings is 1. The Bertz CT molecular complexity index is 520. The van der Waals surface area contributed by atoms with Crippen molar-refractivity contribution in [2.24, 2.45) is 0 Å². The first kappa shape index (κ1) is 14.9. The minimum absolute atomic E-state index is 0.133. The molecule has 20 heavy (non-hydrogen) atoms. The summed E-state index contributed by atoms with van der Waals surface area (Å²) in [6.07, 6.45) is 2.95. The predicted octanol–water partition coefficient (Wildman–Crippen LogP) is 4.35. The molecule has 4 heteroatoms. The smallest absolute Gasteiger partial charge is 0.127 e. The van der Waals surface area contributed by atoms with Crippen LogP contribution in [0.15, 0.2) is 35.8 Å². The highest BCUT2D eigenvalue weighted by molar-refractivity contribution is 7.10. The van der Waals surface area contributed by atoms with E-state index in [2.05, 4.69) is 60.0 Å². The van der Waals surface area contributed by atoms with Crippen molar-refractivity contribution < 1.29 is 0 Å². The van der Waals surface area contributed by atoms with Crippen LogP contribution < -0.4 is 10.6 Å². The standard InChI is InChI=1S/C16H23N3S/c1-4-8-17-15-11-13(7-9-18-15)19-12-16(2,3)14-6-5-10-20-14/h5-7,9-11H,4,8,12H2,1-3H3,(H2,17,18,19). The van der Waals surface area contributed by atoms with Crippen LogP contribution >= 0.6 is 11.3 Å². The Hall–Kier alpha value is -1.55. The van der Waals surface area contributed by atoms with Gasteiger partial charge in [-0.05, 0) is 23.9 Å². The molecule has 0 amide bonds. The largest absolute Gasteiger partial charge is 0.384 e. The highest BCUT2D eigenvalue weighted by Crippen LogP contribution is 2.28. The van der Waals surface area contributed by atoms with Crippen molar-refractivity contribution in [2.75, 3.05) is 23.7 Å². The molecule has 0 aromatic carbocycles. The second-order valence-corrected chi connectivity index (χ2v) is 6.52.